The monoisotopic (exact) mass is 284 g/mol. The highest BCUT2D eigenvalue weighted by Gasteiger charge is 2.15. The number of benzene rings is 1. The molecule has 0 radical (unpaired) electrons. The number of anilines is 1. The Bertz CT molecular complexity index is 648. The lowest BCUT2D eigenvalue weighted by molar-refractivity contribution is 0.100. The molecule has 1 amide bonds. The number of fused-ring (bicyclic) bond motifs is 1. The number of hydrogen-bond donors (Lipinski definition) is 3. The number of rotatable bonds is 3. The molecule has 1 aromatic heterocycles. The average molecular weight is 284 g/mol. The smallest absolute Gasteiger partial charge is 0.249 e. The minimum atomic E-state index is -0.417. The van der Waals surface area contributed by atoms with Crippen LogP contribution in [-0.2, 0) is 0 Å². The molecule has 0 saturated carbocycles. The van der Waals surface area contributed by atoms with Crippen LogP contribution >= 0.6 is 0 Å². The Hall–Kier alpha value is -2.14. The van der Waals surface area contributed by atoms with E-state index in [0.29, 0.717) is 11.6 Å². The molecule has 1 fully saturated rings. The summed E-state index contributed by atoms with van der Waals surface area (Å²) in [5.74, 6) is 0.314. The normalized spacial score (nSPS) is 19.1. The van der Waals surface area contributed by atoms with E-state index in [1.54, 1.807) is 6.07 Å². The van der Waals surface area contributed by atoms with Gasteiger partial charge in [0.05, 0.1) is 11.1 Å². The topological polar surface area (TPSA) is 80.0 Å². The SMILES string of the molecule is NC(=O)c1cc(NC2CCCNCC2)nc2ccccc12. The fourth-order valence-electron chi connectivity index (χ4n) is 2.83. The number of primary amides is 1. The van der Waals surface area contributed by atoms with Crippen molar-refractivity contribution in [2.45, 2.75) is 25.3 Å². The second-order valence-electron chi connectivity index (χ2n) is 5.46. The van der Waals surface area contributed by atoms with E-state index in [2.05, 4.69) is 15.6 Å². The summed E-state index contributed by atoms with van der Waals surface area (Å²) in [4.78, 5) is 16.3. The van der Waals surface area contributed by atoms with Gasteiger partial charge in [-0.2, -0.15) is 0 Å². The molecule has 2 heterocycles. The van der Waals surface area contributed by atoms with E-state index in [9.17, 15) is 4.79 Å². The van der Waals surface area contributed by atoms with Gasteiger partial charge in [-0.1, -0.05) is 18.2 Å². The van der Waals surface area contributed by atoms with Gasteiger partial charge in [0.25, 0.3) is 0 Å². The first-order valence-corrected chi connectivity index (χ1v) is 7.41. The minimum absolute atomic E-state index is 0.384. The van der Waals surface area contributed by atoms with E-state index < -0.39 is 5.91 Å². The number of carbonyl (C=O) groups excluding carboxylic acids is 1. The van der Waals surface area contributed by atoms with Gasteiger partial charge in [0.1, 0.15) is 5.82 Å². The lowest BCUT2D eigenvalue weighted by atomic mass is 10.1. The summed E-state index contributed by atoms with van der Waals surface area (Å²) in [7, 11) is 0. The van der Waals surface area contributed by atoms with E-state index >= 15 is 0 Å². The highest BCUT2D eigenvalue weighted by Crippen LogP contribution is 2.22. The quantitative estimate of drug-likeness (QED) is 0.804. The Morgan fingerprint density at radius 2 is 2.14 bits per heavy atom. The zero-order valence-corrected chi connectivity index (χ0v) is 11.9. The predicted molar refractivity (Wildman–Crippen MR) is 84.4 cm³/mol. The fourth-order valence-corrected chi connectivity index (χ4v) is 2.83. The number of hydrogen-bond acceptors (Lipinski definition) is 4. The van der Waals surface area contributed by atoms with Crippen LogP contribution in [0.1, 0.15) is 29.6 Å². The van der Waals surface area contributed by atoms with Crippen molar-refractivity contribution in [1.29, 1.82) is 0 Å². The van der Waals surface area contributed by atoms with Gasteiger partial charge in [-0.3, -0.25) is 4.79 Å². The maximum atomic E-state index is 11.7. The third-order valence-electron chi connectivity index (χ3n) is 3.91. The Morgan fingerprint density at radius 3 is 3.00 bits per heavy atom. The third kappa shape index (κ3) is 3.13. The molecule has 0 spiro atoms. The summed E-state index contributed by atoms with van der Waals surface area (Å²) in [5, 5.41) is 7.64. The number of nitrogens with zero attached hydrogens (tertiary/aromatic N) is 1. The molecule has 5 heteroatoms. The number of amides is 1. The van der Waals surface area contributed by atoms with Crippen LogP contribution in [0.4, 0.5) is 5.82 Å². The van der Waals surface area contributed by atoms with E-state index in [-0.39, 0.29) is 0 Å². The Kier molecular flexibility index (Phi) is 4.01. The van der Waals surface area contributed by atoms with Gasteiger partial charge < -0.3 is 16.4 Å². The predicted octanol–water partition coefficient (Wildman–Crippen LogP) is 1.89. The van der Waals surface area contributed by atoms with Gasteiger partial charge in [-0.05, 0) is 44.5 Å². The molecule has 3 rings (SSSR count). The van der Waals surface area contributed by atoms with E-state index in [0.717, 1.165) is 49.1 Å². The van der Waals surface area contributed by atoms with Crippen molar-refractivity contribution in [2.24, 2.45) is 5.73 Å². The van der Waals surface area contributed by atoms with E-state index in [1.807, 2.05) is 24.3 Å². The molecule has 1 saturated heterocycles. The second kappa shape index (κ2) is 6.10. The lowest BCUT2D eigenvalue weighted by Crippen LogP contribution is -2.22. The summed E-state index contributed by atoms with van der Waals surface area (Å²) in [6, 6.07) is 9.74. The molecule has 110 valence electrons. The van der Waals surface area contributed by atoms with Crippen molar-refractivity contribution in [3.8, 4) is 0 Å². The first-order valence-electron chi connectivity index (χ1n) is 7.41. The summed E-state index contributed by atoms with van der Waals surface area (Å²) in [6.45, 7) is 2.07. The van der Waals surface area contributed by atoms with E-state index in [1.165, 1.54) is 0 Å². The molecule has 1 aliphatic rings. The molecular formula is C16H20N4O. The zero-order chi connectivity index (χ0) is 14.7. The Morgan fingerprint density at radius 1 is 1.29 bits per heavy atom. The van der Waals surface area contributed by atoms with Gasteiger partial charge in [0.15, 0.2) is 0 Å². The summed E-state index contributed by atoms with van der Waals surface area (Å²) >= 11 is 0. The Balaban J connectivity index is 1.93. The molecule has 0 aliphatic carbocycles. The lowest BCUT2D eigenvalue weighted by Gasteiger charge is -2.17. The molecule has 0 bridgehead atoms. The largest absolute Gasteiger partial charge is 0.367 e. The van der Waals surface area contributed by atoms with Crippen LogP contribution in [-0.4, -0.2) is 30.0 Å². The number of para-hydroxylation sites is 1. The zero-order valence-electron chi connectivity index (χ0n) is 11.9. The maximum absolute atomic E-state index is 11.7. The number of nitrogens with two attached hydrogens (primary N) is 1. The van der Waals surface area contributed by atoms with Crippen molar-refractivity contribution < 1.29 is 4.79 Å². The molecule has 4 N–H and O–H groups in total. The van der Waals surface area contributed by atoms with Crippen LogP contribution in [0.3, 0.4) is 0 Å². The van der Waals surface area contributed by atoms with Crippen LogP contribution in [0.5, 0.6) is 0 Å². The van der Waals surface area contributed by atoms with Gasteiger partial charge >= 0.3 is 0 Å². The molecule has 1 unspecified atom stereocenters. The molecule has 5 nitrogen and oxygen atoms in total. The van der Waals surface area contributed by atoms with Crippen LogP contribution in [0.2, 0.25) is 0 Å². The molecule has 1 atom stereocenters. The number of nitrogens with one attached hydrogen (secondary N) is 2. The van der Waals surface area contributed by atoms with E-state index in [4.69, 9.17) is 5.73 Å². The van der Waals surface area contributed by atoms with Crippen LogP contribution in [0.15, 0.2) is 30.3 Å². The van der Waals surface area contributed by atoms with Gasteiger partial charge in [-0.25, -0.2) is 4.98 Å². The van der Waals surface area contributed by atoms with Crippen molar-refractivity contribution >= 4 is 22.6 Å². The summed E-state index contributed by atoms with van der Waals surface area (Å²) in [6.07, 6.45) is 3.31. The van der Waals surface area contributed by atoms with Crippen LogP contribution in [0, 0.1) is 0 Å². The molecule has 2 aromatic rings. The van der Waals surface area contributed by atoms with Crippen LogP contribution < -0.4 is 16.4 Å². The number of carbonyl (C=O) groups is 1. The first kappa shape index (κ1) is 13.8. The summed E-state index contributed by atoms with van der Waals surface area (Å²) in [5.41, 5.74) is 6.82. The van der Waals surface area contributed by atoms with Crippen molar-refractivity contribution in [3.63, 3.8) is 0 Å². The van der Waals surface area contributed by atoms with Crippen molar-refractivity contribution in [3.05, 3.63) is 35.9 Å². The average Bonchev–Trinajstić information content (AvgIpc) is 2.75. The van der Waals surface area contributed by atoms with Gasteiger partial charge in [0.2, 0.25) is 5.91 Å². The fraction of sp³-hybridized carbons (Fsp3) is 0.375. The molecule has 21 heavy (non-hydrogen) atoms. The third-order valence-corrected chi connectivity index (χ3v) is 3.91. The molecule has 1 aliphatic heterocycles. The Labute approximate surface area is 123 Å². The summed E-state index contributed by atoms with van der Waals surface area (Å²) < 4.78 is 0. The van der Waals surface area contributed by atoms with Crippen molar-refractivity contribution in [2.75, 3.05) is 18.4 Å². The highest BCUT2D eigenvalue weighted by molar-refractivity contribution is 6.06. The van der Waals surface area contributed by atoms with Gasteiger partial charge in [-0.15, -0.1) is 0 Å². The number of aromatic nitrogens is 1. The standard InChI is InChI=1S/C16H20N4O/c17-16(21)13-10-15(19-11-4-3-8-18-9-7-11)20-14-6-2-1-5-12(13)14/h1-2,5-6,10-11,18H,3-4,7-9H2,(H2,17,21)(H,19,20). The van der Waals surface area contributed by atoms with Gasteiger partial charge in [0, 0.05) is 11.4 Å². The molecule has 1 aromatic carbocycles. The second-order valence-corrected chi connectivity index (χ2v) is 5.46. The molecular weight excluding hydrogens is 264 g/mol. The highest BCUT2D eigenvalue weighted by atomic mass is 16.1. The first-order chi connectivity index (χ1) is 10.2. The maximum Gasteiger partial charge on any atom is 0.249 e. The van der Waals surface area contributed by atoms with Crippen molar-refractivity contribution in [1.82, 2.24) is 10.3 Å². The minimum Gasteiger partial charge on any atom is -0.367 e. The van der Waals surface area contributed by atoms with Crippen LogP contribution in [0.25, 0.3) is 10.9 Å². The number of pyridine rings is 1.